The maximum Gasteiger partial charge on any atom is 0.122 e. The molecule has 0 saturated carbocycles. The van der Waals surface area contributed by atoms with Crippen molar-refractivity contribution >= 4 is 5.69 Å². The van der Waals surface area contributed by atoms with Crippen molar-refractivity contribution < 1.29 is 4.74 Å². The average molecular weight is 267 g/mol. The zero-order valence-electron chi connectivity index (χ0n) is 12.1. The maximum atomic E-state index is 5.46. The average Bonchev–Trinajstić information content (AvgIpc) is 2.48. The van der Waals surface area contributed by atoms with E-state index in [1.165, 1.54) is 16.8 Å². The van der Waals surface area contributed by atoms with Gasteiger partial charge in [0, 0.05) is 11.7 Å². The van der Waals surface area contributed by atoms with Crippen molar-refractivity contribution in [2.24, 2.45) is 5.92 Å². The molecule has 0 spiro atoms. The highest BCUT2D eigenvalue weighted by Crippen LogP contribution is 2.31. The standard InChI is InChI=1S/C18H21NO/c1-13-11-14-7-3-5-9-16(14)19-17(13)12-15-8-4-6-10-18(15)20-2/h3-10,13,17,19H,11-12H2,1-2H3. The summed E-state index contributed by atoms with van der Waals surface area (Å²) < 4.78 is 5.46. The first-order valence-corrected chi connectivity index (χ1v) is 7.24. The lowest BCUT2D eigenvalue weighted by Crippen LogP contribution is -2.35. The summed E-state index contributed by atoms with van der Waals surface area (Å²) in [6.45, 7) is 2.32. The number of para-hydroxylation sites is 2. The molecule has 0 saturated heterocycles. The monoisotopic (exact) mass is 267 g/mol. The summed E-state index contributed by atoms with van der Waals surface area (Å²) in [5.74, 6) is 1.61. The summed E-state index contributed by atoms with van der Waals surface area (Å²) in [6, 6.07) is 17.4. The van der Waals surface area contributed by atoms with Gasteiger partial charge >= 0.3 is 0 Å². The van der Waals surface area contributed by atoms with E-state index in [0.29, 0.717) is 12.0 Å². The Hall–Kier alpha value is -1.96. The Balaban J connectivity index is 1.82. The number of benzene rings is 2. The number of fused-ring (bicyclic) bond motifs is 1. The minimum Gasteiger partial charge on any atom is -0.496 e. The summed E-state index contributed by atoms with van der Waals surface area (Å²) in [6.07, 6.45) is 2.14. The number of hydrogen-bond acceptors (Lipinski definition) is 2. The fraction of sp³-hybridized carbons (Fsp3) is 0.333. The molecule has 0 aromatic heterocycles. The summed E-state index contributed by atoms with van der Waals surface area (Å²) in [4.78, 5) is 0. The summed E-state index contributed by atoms with van der Waals surface area (Å²) in [5.41, 5.74) is 3.99. The number of methoxy groups -OCH3 is 1. The predicted molar refractivity (Wildman–Crippen MR) is 83.4 cm³/mol. The quantitative estimate of drug-likeness (QED) is 0.910. The summed E-state index contributed by atoms with van der Waals surface area (Å²) >= 11 is 0. The fourth-order valence-electron chi connectivity index (χ4n) is 3.03. The largest absolute Gasteiger partial charge is 0.496 e. The summed E-state index contributed by atoms with van der Waals surface area (Å²) in [7, 11) is 1.74. The van der Waals surface area contributed by atoms with Crippen molar-refractivity contribution in [2.45, 2.75) is 25.8 Å². The molecule has 1 heterocycles. The Morgan fingerprint density at radius 3 is 2.70 bits per heavy atom. The van der Waals surface area contributed by atoms with Gasteiger partial charge in [0.1, 0.15) is 5.75 Å². The van der Waals surface area contributed by atoms with E-state index in [1.807, 2.05) is 12.1 Å². The molecule has 0 aliphatic carbocycles. The van der Waals surface area contributed by atoms with Gasteiger partial charge in [-0.15, -0.1) is 0 Å². The Labute approximate surface area is 120 Å². The van der Waals surface area contributed by atoms with Crippen LogP contribution in [0.5, 0.6) is 5.75 Å². The third-order valence-electron chi connectivity index (χ3n) is 4.22. The van der Waals surface area contributed by atoms with E-state index in [2.05, 4.69) is 48.6 Å². The predicted octanol–water partition coefficient (Wildman–Crippen LogP) is 3.91. The molecule has 0 radical (unpaired) electrons. The van der Waals surface area contributed by atoms with Crippen molar-refractivity contribution in [3.8, 4) is 5.75 Å². The lowest BCUT2D eigenvalue weighted by molar-refractivity contribution is 0.401. The molecule has 0 fully saturated rings. The van der Waals surface area contributed by atoms with E-state index in [4.69, 9.17) is 4.74 Å². The molecule has 2 heteroatoms. The third-order valence-corrected chi connectivity index (χ3v) is 4.22. The number of nitrogens with one attached hydrogen (secondary N) is 1. The molecule has 2 unspecified atom stereocenters. The van der Waals surface area contributed by atoms with Gasteiger partial charge in [0.15, 0.2) is 0 Å². The van der Waals surface area contributed by atoms with Gasteiger partial charge in [-0.2, -0.15) is 0 Å². The van der Waals surface area contributed by atoms with Crippen LogP contribution in [0.4, 0.5) is 5.69 Å². The Morgan fingerprint density at radius 1 is 1.10 bits per heavy atom. The highest BCUT2D eigenvalue weighted by atomic mass is 16.5. The zero-order valence-corrected chi connectivity index (χ0v) is 12.1. The molecule has 2 aromatic rings. The van der Waals surface area contributed by atoms with Crippen molar-refractivity contribution in [1.82, 2.24) is 0 Å². The highest BCUT2D eigenvalue weighted by Gasteiger charge is 2.25. The van der Waals surface area contributed by atoms with E-state index in [-0.39, 0.29) is 0 Å². The van der Waals surface area contributed by atoms with Crippen LogP contribution in [0.25, 0.3) is 0 Å². The van der Waals surface area contributed by atoms with E-state index in [1.54, 1.807) is 7.11 Å². The highest BCUT2D eigenvalue weighted by molar-refractivity contribution is 5.54. The second-order valence-corrected chi connectivity index (χ2v) is 5.61. The molecule has 2 nitrogen and oxygen atoms in total. The SMILES string of the molecule is COc1ccccc1CC1Nc2ccccc2CC1C. The van der Waals surface area contributed by atoms with Crippen LogP contribution >= 0.6 is 0 Å². The van der Waals surface area contributed by atoms with Crippen LogP contribution in [0, 0.1) is 5.92 Å². The van der Waals surface area contributed by atoms with Gasteiger partial charge in [0.25, 0.3) is 0 Å². The van der Waals surface area contributed by atoms with E-state index in [0.717, 1.165) is 18.6 Å². The van der Waals surface area contributed by atoms with Crippen LogP contribution < -0.4 is 10.1 Å². The second kappa shape index (κ2) is 5.58. The molecule has 1 N–H and O–H groups in total. The maximum absolute atomic E-state index is 5.46. The zero-order chi connectivity index (χ0) is 13.9. The van der Waals surface area contributed by atoms with Crippen LogP contribution in [-0.2, 0) is 12.8 Å². The van der Waals surface area contributed by atoms with Crippen LogP contribution in [-0.4, -0.2) is 13.2 Å². The number of ether oxygens (including phenoxy) is 1. The third kappa shape index (κ3) is 2.51. The van der Waals surface area contributed by atoms with Crippen LogP contribution in [0.15, 0.2) is 48.5 Å². The molecule has 1 aliphatic heterocycles. The Kier molecular flexibility index (Phi) is 3.64. The normalized spacial score (nSPS) is 20.9. The molecule has 2 atom stereocenters. The van der Waals surface area contributed by atoms with E-state index in [9.17, 15) is 0 Å². The van der Waals surface area contributed by atoms with Gasteiger partial charge < -0.3 is 10.1 Å². The van der Waals surface area contributed by atoms with E-state index >= 15 is 0 Å². The lowest BCUT2D eigenvalue weighted by Gasteiger charge is -2.33. The fourth-order valence-corrected chi connectivity index (χ4v) is 3.03. The molecule has 1 aliphatic rings. The first-order chi connectivity index (χ1) is 9.78. The first-order valence-electron chi connectivity index (χ1n) is 7.24. The first kappa shape index (κ1) is 13.0. The van der Waals surface area contributed by atoms with Gasteiger partial charge in [0.2, 0.25) is 0 Å². The van der Waals surface area contributed by atoms with Gasteiger partial charge in [-0.25, -0.2) is 0 Å². The second-order valence-electron chi connectivity index (χ2n) is 5.61. The minimum atomic E-state index is 0.459. The van der Waals surface area contributed by atoms with Gasteiger partial charge in [-0.1, -0.05) is 43.3 Å². The van der Waals surface area contributed by atoms with Crippen LogP contribution in [0.2, 0.25) is 0 Å². The number of hydrogen-bond donors (Lipinski definition) is 1. The van der Waals surface area contributed by atoms with Crippen molar-refractivity contribution in [2.75, 3.05) is 12.4 Å². The molecule has 3 rings (SSSR count). The molecule has 104 valence electrons. The smallest absolute Gasteiger partial charge is 0.122 e. The van der Waals surface area contributed by atoms with Crippen molar-refractivity contribution in [1.29, 1.82) is 0 Å². The Bertz CT molecular complexity index is 593. The number of anilines is 1. The number of rotatable bonds is 3. The molecule has 20 heavy (non-hydrogen) atoms. The topological polar surface area (TPSA) is 21.3 Å². The molecular formula is C18H21NO. The Morgan fingerprint density at radius 2 is 1.85 bits per heavy atom. The molecule has 2 aromatic carbocycles. The lowest BCUT2D eigenvalue weighted by atomic mass is 9.85. The van der Waals surface area contributed by atoms with Gasteiger partial charge in [0.05, 0.1) is 7.11 Å². The van der Waals surface area contributed by atoms with Crippen molar-refractivity contribution in [3.05, 3.63) is 59.7 Å². The molecule has 0 bridgehead atoms. The van der Waals surface area contributed by atoms with Crippen LogP contribution in [0.1, 0.15) is 18.1 Å². The molecule has 0 amide bonds. The summed E-state index contributed by atoms with van der Waals surface area (Å²) in [5, 5.41) is 3.69. The molecular weight excluding hydrogens is 246 g/mol. The van der Waals surface area contributed by atoms with Gasteiger partial charge in [-0.05, 0) is 42.0 Å². The van der Waals surface area contributed by atoms with Gasteiger partial charge in [-0.3, -0.25) is 0 Å². The van der Waals surface area contributed by atoms with E-state index < -0.39 is 0 Å². The minimum absolute atomic E-state index is 0.459. The van der Waals surface area contributed by atoms with Crippen molar-refractivity contribution in [3.63, 3.8) is 0 Å². The van der Waals surface area contributed by atoms with Crippen LogP contribution in [0.3, 0.4) is 0 Å².